The number of nitrogens with one attached hydrogen (secondary N) is 1. The van der Waals surface area contributed by atoms with Crippen LogP contribution in [0.2, 0.25) is 0 Å². The minimum absolute atomic E-state index is 0.661. The lowest BCUT2D eigenvalue weighted by atomic mass is 10.2. The van der Waals surface area contributed by atoms with E-state index in [0.29, 0.717) is 6.61 Å². The molecule has 0 fully saturated rings. The van der Waals surface area contributed by atoms with Gasteiger partial charge in [0.05, 0.1) is 32.1 Å². The summed E-state index contributed by atoms with van der Waals surface area (Å²) < 4.78 is 12.3. The number of rotatable bonds is 8. The van der Waals surface area contributed by atoms with Gasteiger partial charge in [-0.2, -0.15) is 5.10 Å². The summed E-state index contributed by atoms with van der Waals surface area (Å²) in [5.74, 6) is 0.914. The molecule has 1 aromatic carbocycles. The van der Waals surface area contributed by atoms with Crippen LogP contribution in [0.4, 0.5) is 5.69 Å². The van der Waals surface area contributed by atoms with Gasteiger partial charge in [0.2, 0.25) is 0 Å². The fourth-order valence-electron chi connectivity index (χ4n) is 1.96. The molecular formula is C15H21N3O2S. The van der Waals surface area contributed by atoms with Gasteiger partial charge in [-0.25, -0.2) is 0 Å². The van der Waals surface area contributed by atoms with Crippen LogP contribution in [0.25, 0.3) is 0 Å². The van der Waals surface area contributed by atoms with Crippen molar-refractivity contribution in [3.63, 3.8) is 0 Å². The molecule has 1 N–H and O–H groups in total. The molecule has 0 saturated heterocycles. The molecule has 0 unspecified atom stereocenters. The van der Waals surface area contributed by atoms with Crippen LogP contribution in [-0.4, -0.2) is 36.9 Å². The van der Waals surface area contributed by atoms with E-state index in [0.717, 1.165) is 29.4 Å². The number of benzene rings is 1. The average molecular weight is 307 g/mol. The van der Waals surface area contributed by atoms with Gasteiger partial charge in [0.15, 0.2) is 0 Å². The summed E-state index contributed by atoms with van der Waals surface area (Å²) in [5, 5.41) is 7.63. The molecule has 21 heavy (non-hydrogen) atoms. The van der Waals surface area contributed by atoms with Gasteiger partial charge in [-0.05, 0) is 24.0 Å². The monoisotopic (exact) mass is 307 g/mol. The second-order valence-electron chi connectivity index (χ2n) is 4.53. The van der Waals surface area contributed by atoms with Gasteiger partial charge in [0.25, 0.3) is 0 Å². The van der Waals surface area contributed by atoms with Crippen LogP contribution in [0.15, 0.2) is 35.5 Å². The average Bonchev–Trinajstić information content (AvgIpc) is 2.98. The quantitative estimate of drug-likeness (QED) is 0.760. The molecule has 0 amide bonds. The first-order chi connectivity index (χ1) is 10.3. The third kappa shape index (κ3) is 4.41. The molecule has 0 spiro atoms. The Morgan fingerprint density at radius 2 is 2.19 bits per heavy atom. The van der Waals surface area contributed by atoms with Crippen LogP contribution in [0.3, 0.4) is 0 Å². The minimum Gasteiger partial charge on any atom is -0.496 e. The van der Waals surface area contributed by atoms with Gasteiger partial charge in [-0.1, -0.05) is 6.07 Å². The van der Waals surface area contributed by atoms with Crippen molar-refractivity contribution < 1.29 is 9.47 Å². The highest BCUT2D eigenvalue weighted by Crippen LogP contribution is 2.28. The van der Waals surface area contributed by atoms with Crippen molar-refractivity contribution in [2.75, 3.05) is 32.4 Å². The second-order valence-corrected chi connectivity index (χ2v) is 5.38. The summed E-state index contributed by atoms with van der Waals surface area (Å²) in [4.78, 5) is 1.15. The third-order valence-corrected chi connectivity index (χ3v) is 3.88. The van der Waals surface area contributed by atoms with Gasteiger partial charge in [0.1, 0.15) is 5.75 Å². The van der Waals surface area contributed by atoms with Crippen LogP contribution < -0.4 is 10.1 Å². The maximum absolute atomic E-state index is 5.40. The van der Waals surface area contributed by atoms with Crippen molar-refractivity contribution in [2.24, 2.45) is 0 Å². The number of ether oxygens (including phenoxy) is 2. The van der Waals surface area contributed by atoms with Crippen LogP contribution >= 0.6 is 11.8 Å². The van der Waals surface area contributed by atoms with E-state index in [9.17, 15) is 0 Å². The molecule has 0 aliphatic heterocycles. The predicted molar refractivity (Wildman–Crippen MR) is 86.2 cm³/mol. The zero-order valence-electron chi connectivity index (χ0n) is 12.6. The largest absolute Gasteiger partial charge is 0.496 e. The van der Waals surface area contributed by atoms with E-state index in [4.69, 9.17) is 9.47 Å². The fourth-order valence-corrected chi connectivity index (χ4v) is 2.50. The van der Waals surface area contributed by atoms with E-state index >= 15 is 0 Å². The molecule has 1 aromatic heterocycles. The summed E-state index contributed by atoms with van der Waals surface area (Å²) in [6.45, 7) is 2.16. The molecule has 0 aliphatic carbocycles. The van der Waals surface area contributed by atoms with Gasteiger partial charge in [-0.15, -0.1) is 11.8 Å². The summed E-state index contributed by atoms with van der Waals surface area (Å²) in [6, 6.07) is 6.26. The molecule has 2 rings (SSSR count). The zero-order valence-corrected chi connectivity index (χ0v) is 13.4. The van der Waals surface area contributed by atoms with E-state index in [1.807, 2.05) is 23.3 Å². The standard InChI is InChI=1S/C15H21N3O2S/c1-19-7-6-18-11-13(10-17-18)16-9-12-4-5-15(21-3)14(8-12)20-2/h4-5,8,10-11,16H,6-7,9H2,1-3H3. The van der Waals surface area contributed by atoms with Gasteiger partial charge in [-0.3, -0.25) is 4.68 Å². The van der Waals surface area contributed by atoms with E-state index in [-0.39, 0.29) is 0 Å². The van der Waals surface area contributed by atoms with Crippen molar-refractivity contribution in [1.29, 1.82) is 0 Å². The molecule has 0 aliphatic rings. The van der Waals surface area contributed by atoms with Crippen molar-refractivity contribution >= 4 is 17.4 Å². The molecule has 6 heteroatoms. The normalized spacial score (nSPS) is 10.6. The van der Waals surface area contributed by atoms with Crippen LogP contribution in [0.1, 0.15) is 5.56 Å². The van der Waals surface area contributed by atoms with Gasteiger partial charge in [0, 0.05) is 24.7 Å². The Kier molecular flexibility index (Phi) is 5.95. The van der Waals surface area contributed by atoms with Crippen molar-refractivity contribution in [3.8, 4) is 5.75 Å². The molecule has 114 valence electrons. The number of methoxy groups -OCH3 is 2. The predicted octanol–water partition coefficient (Wildman–Crippen LogP) is 2.87. The lowest BCUT2D eigenvalue weighted by Crippen LogP contribution is -2.04. The van der Waals surface area contributed by atoms with Crippen molar-refractivity contribution in [1.82, 2.24) is 9.78 Å². The van der Waals surface area contributed by atoms with Crippen molar-refractivity contribution in [3.05, 3.63) is 36.2 Å². The lowest BCUT2D eigenvalue weighted by Gasteiger charge is -2.09. The molecule has 5 nitrogen and oxygen atoms in total. The Labute approximate surface area is 129 Å². The number of thioether (sulfide) groups is 1. The summed E-state index contributed by atoms with van der Waals surface area (Å²) in [7, 11) is 3.39. The number of nitrogens with zero attached hydrogens (tertiary/aromatic N) is 2. The van der Waals surface area contributed by atoms with Gasteiger partial charge < -0.3 is 14.8 Å². The Hall–Kier alpha value is -1.66. The highest BCUT2D eigenvalue weighted by atomic mass is 32.2. The highest BCUT2D eigenvalue weighted by molar-refractivity contribution is 7.98. The first kappa shape index (κ1) is 15.7. The SMILES string of the molecule is COCCn1cc(NCc2ccc(SC)c(OC)c2)cn1. The second kappa shape index (κ2) is 7.95. The molecule has 0 bridgehead atoms. The maximum atomic E-state index is 5.40. The molecule has 1 heterocycles. The molecule has 0 saturated carbocycles. The number of hydrogen-bond acceptors (Lipinski definition) is 5. The number of hydrogen-bond donors (Lipinski definition) is 1. The molecular weight excluding hydrogens is 286 g/mol. The topological polar surface area (TPSA) is 48.3 Å². The molecule has 0 radical (unpaired) electrons. The molecule has 2 aromatic rings. The smallest absolute Gasteiger partial charge is 0.132 e. The molecule has 0 atom stereocenters. The van der Waals surface area contributed by atoms with E-state index in [2.05, 4.69) is 28.6 Å². The van der Waals surface area contributed by atoms with Crippen molar-refractivity contribution in [2.45, 2.75) is 18.0 Å². The Morgan fingerprint density at radius 1 is 1.33 bits per heavy atom. The Bertz CT molecular complexity index is 572. The van der Waals surface area contributed by atoms with E-state index < -0.39 is 0 Å². The zero-order chi connectivity index (χ0) is 15.1. The van der Waals surface area contributed by atoms with Gasteiger partial charge >= 0.3 is 0 Å². The first-order valence-corrected chi connectivity index (χ1v) is 7.95. The number of aromatic nitrogens is 2. The highest BCUT2D eigenvalue weighted by Gasteiger charge is 2.04. The lowest BCUT2D eigenvalue weighted by molar-refractivity contribution is 0.183. The summed E-state index contributed by atoms with van der Waals surface area (Å²) in [5.41, 5.74) is 2.17. The summed E-state index contributed by atoms with van der Waals surface area (Å²) in [6.07, 6.45) is 5.85. The van der Waals surface area contributed by atoms with Crippen LogP contribution in [0.5, 0.6) is 5.75 Å². The minimum atomic E-state index is 0.661. The van der Waals surface area contributed by atoms with E-state index in [1.165, 1.54) is 5.56 Å². The van der Waals surface area contributed by atoms with Crippen LogP contribution in [-0.2, 0) is 17.8 Å². The fraction of sp³-hybridized carbons (Fsp3) is 0.400. The van der Waals surface area contributed by atoms with Crippen LogP contribution in [0, 0.1) is 0 Å². The Balaban J connectivity index is 1.94. The number of anilines is 1. The third-order valence-electron chi connectivity index (χ3n) is 3.10. The summed E-state index contributed by atoms with van der Waals surface area (Å²) >= 11 is 1.68. The first-order valence-electron chi connectivity index (χ1n) is 6.73. The Morgan fingerprint density at radius 3 is 2.90 bits per heavy atom. The van der Waals surface area contributed by atoms with E-state index in [1.54, 1.807) is 26.0 Å². The maximum Gasteiger partial charge on any atom is 0.132 e.